The molecule has 2 aliphatic rings. The second-order valence-electron chi connectivity index (χ2n) is 5.86. The average molecular weight is 345 g/mol. The molecule has 2 aliphatic heterocycles. The standard InChI is InChI=1S/C17H19N3O3S/c1-2-20-8-7-11-15(9-20)24-17(18-11)19-16(21)14-10-22-12-5-3-4-6-13(12)23-14/h3-6,14H,2,7-10H2,1H3,(H,18,19,21). The van der Waals surface area contributed by atoms with Crippen molar-refractivity contribution in [1.82, 2.24) is 9.88 Å². The molecule has 3 heterocycles. The number of hydrogen-bond donors (Lipinski definition) is 1. The number of nitrogens with zero attached hydrogens (tertiary/aromatic N) is 2. The van der Waals surface area contributed by atoms with Gasteiger partial charge in [-0.1, -0.05) is 19.1 Å². The normalized spacial score (nSPS) is 19.6. The summed E-state index contributed by atoms with van der Waals surface area (Å²) < 4.78 is 11.3. The smallest absolute Gasteiger partial charge is 0.270 e. The van der Waals surface area contributed by atoms with Crippen molar-refractivity contribution in [2.24, 2.45) is 0 Å². The largest absolute Gasteiger partial charge is 0.485 e. The van der Waals surface area contributed by atoms with E-state index in [1.807, 2.05) is 18.2 Å². The molecule has 1 amide bonds. The van der Waals surface area contributed by atoms with Crippen LogP contribution in [0.25, 0.3) is 0 Å². The Morgan fingerprint density at radius 1 is 1.42 bits per heavy atom. The van der Waals surface area contributed by atoms with Gasteiger partial charge < -0.3 is 9.47 Å². The minimum absolute atomic E-state index is 0.206. The Bertz CT molecular complexity index is 761. The number of aromatic nitrogens is 1. The molecule has 0 spiro atoms. The Morgan fingerprint density at radius 2 is 2.25 bits per heavy atom. The molecular weight excluding hydrogens is 326 g/mol. The molecule has 1 aromatic carbocycles. The quantitative estimate of drug-likeness (QED) is 0.925. The van der Waals surface area contributed by atoms with Gasteiger partial charge in [-0.3, -0.25) is 15.0 Å². The first-order valence-electron chi connectivity index (χ1n) is 8.13. The Morgan fingerprint density at radius 3 is 3.08 bits per heavy atom. The third kappa shape index (κ3) is 2.97. The van der Waals surface area contributed by atoms with Gasteiger partial charge in [-0.05, 0) is 18.7 Å². The van der Waals surface area contributed by atoms with Crippen molar-refractivity contribution in [2.75, 3.05) is 25.0 Å². The van der Waals surface area contributed by atoms with Gasteiger partial charge in [0.1, 0.15) is 6.61 Å². The van der Waals surface area contributed by atoms with Crippen LogP contribution < -0.4 is 14.8 Å². The predicted molar refractivity (Wildman–Crippen MR) is 91.8 cm³/mol. The number of carbonyl (C=O) groups excluding carboxylic acids is 1. The number of fused-ring (bicyclic) bond motifs is 2. The number of nitrogens with one attached hydrogen (secondary N) is 1. The zero-order valence-electron chi connectivity index (χ0n) is 13.4. The van der Waals surface area contributed by atoms with E-state index >= 15 is 0 Å². The minimum Gasteiger partial charge on any atom is -0.485 e. The summed E-state index contributed by atoms with van der Waals surface area (Å²) in [6, 6.07) is 7.37. The van der Waals surface area contributed by atoms with E-state index in [1.54, 1.807) is 17.4 Å². The first-order valence-corrected chi connectivity index (χ1v) is 8.95. The van der Waals surface area contributed by atoms with E-state index < -0.39 is 6.10 Å². The van der Waals surface area contributed by atoms with Crippen LogP contribution in [0.1, 0.15) is 17.5 Å². The highest BCUT2D eigenvalue weighted by atomic mass is 32.1. The second-order valence-corrected chi connectivity index (χ2v) is 6.94. The van der Waals surface area contributed by atoms with E-state index in [9.17, 15) is 4.79 Å². The van der Waals surface area contributed by atoms with Crippen LogP contribution in [0.4, 0.5) is 5.13 Å². The Hall–Kier alpha value is -2.12. The third-order valence-corrected chi connectivity index (χ3v) is 5.29. The fourth-order valence-corrected chi connectivity index (χ4v) is 3.96. The Balaban J connectivity index is 1.43. The summed E-state index contributed by atoms with van der Waals surface area (Å²) in [6.45, 7) is 5.34. The SMILES string of the molecule is CCN1CCc2nc(NC(=O)C3COc4ccccc4O3)sc2C1. The Kier molecular flexibility index (Phi) is 4.12. The molecule has 4 rings (SSSR count). The highest BCUT2D eigenvalue weighted by Crippen LogP contribution is 2.32. The van der Waals surface area contributed by atoms with Crippen LogP contribution in [0, 0.1) is 0 Å². The first kappa shape index (κ1) is 15.4. The van der Waals surface area contributed by atoms with Gasteiger partial charge in [-0.25, -0.2) is 4.98 Å². The number of likely N-dealkylation sites (N-methyl/N-ethyl adjacent to an activating group) is 1. The van der Waals surface area contributed by atoms with Crippen LogP contribution in [-0.4, -0.2) is 41.6 Å². The van der Waals surface area contributed by atoms with Gasteiger partial charge in [0, 0.05) is 24.4 Å². The fraction of sp³-hybridized carbons (Fsp3) is 0.412. The maximum absolute atomic E-state index is 12.5. The van der Waals surface area contributed by atoms with Crippen molar-refractivity contribution in [3.63, 3.8) is 0 Å². The number of benzene rings is 1. The minimum atomic E-state index is -0.659. The molecule has 1 aromatic heterocycles. The number of carbonyl (C=O) groups is 1. The lowest BCUT2D eigenvalue weighted by molar-refractivity contribution is -0.125. The summed E-state index contributed by atoms with van der Waals surface area (Å²) in [5, 5.41) is 3.52. The lowest BCUT2D eigenvalue weighted by atomic mass is 10.2. The van der Waals surface area contributed by atoms with Gasteiger partial charge in [-0.2, -0.15) is 0 Å². The summed E-state index contributed by atoms with van der Waals surface area (Å²) in [6.07, 6.45) is 0.277. The zero-order valence-corrected chi connectivity index (χ0v) is 14.3. The third-order valence-electron chi connectivity index (χ3n) is 4.29. The molecule has 1 atom stereocenters. The number of amides is 1. The molecular formula is C17H19N3O3S. The lowest BCUT2D eigenvalue weighted by Crippen LogP contribution is -2.40. The van der Waals surface area contributed by atoms with Crippen molar-refractivity contribution in [1.29, 1.82) is 0 Å². The molecule has 0 saturated carbocycles. The van der Waals surface area contributed by atoms with E-state index in [4.69, 9.17) is 9.47 Å². The van der Waals surface area contributed by atoms with E-state index in [0.29, 0.717) is 16.6 Å². The molecule has 1 unspecified atom stereocenters. The summed E-state index contributed by atoms with van der Waals surface area (Å²) in [5.41, 5.74) is 1.10. The molecule has 0 radical (unpaired) electrons. The molecule has 126 valence electrons. The number of anilines is 1. The van der Waals surface area contributed by atoms with Crippen LogP contribution in [0.15, 0.2) is 24.3 Å². The summed E-state index contributed by atoms with van der Waals surface area (Å²) in [4.78, 5) is 20.6. The van der Waals surface area contributed by atoms with Crippen LogP contribution in [-0.2, 0) is 17.8 Å². The number of para-hydroxylation sites is 2. The molecule has 0 saturated heterocycles. The van der Waals surface area contributed by atoms with E-state index in [2.05, 4.69) is 22.1 Å². The van der Waals surface area contributed by atoms with Crippen LogP contribution in [0.2, 0.25) is 0 Å². The Labute approximate surface area is 144 Å². The van der Waals surface area contributed by atoms with Gasteiger partial charge in [0.2, 0.25) is 6.10 Å². The van der Waals surface area contributed by atoms with Gasteiger partial charge in [0.25, 0.3) is 5.91 Å². The number of ether oxygens (including phenoxy) is 2. The number of hydrogen-bond acceptors (Lipinski definition) is 6. The van der Waals surface area contributed by atoms with E-state index in [-0.39, 0.29) is 12.5 Å². The highest BCUT2D eigenvalue weighted by molar-refractivity contribution is 7.15. The average Bonchev–Trinajstić information content (AvgIpc) is 3.02. The monoisotopic (exact) mass is 345 g/mol. The predicted octanol–water partition coefficient (Wildman–Crippen LogP) is 2.30. The second kappa shape index (κ2) is 6.41. The van der Waals surface area contributed by atoms with Gasteiger partial charge in [0.05, 0.1) is 5.69 Å². The van der Waals surface area contributed by atoms with Crippen LogP contribution in [0.5, 0.6) is 11.5 Å². The maximum Gasteiger partial charge on any atom is 0.270 e. The molecule has 6 nitrogen and oxygen atoms in total. The number of thiazole rings is 1. The maximum atomic E-state index is 12.5. The zero-order chi connectivity index (χ0) is 16.5. The van der Waals surface area contributed by atoms with Gasteiger partial charge in [-0.15, -0.1) is 11.3 Å². The van der Waals surface area contributed by atoms with Crippen molar-refractivity contribution in [2.45, 2.75) is 26.0 Å². The van der Waals surface area contributed by atoms with Gasteiger partial charge >= 0.3 is 0 Å². The van der Waals surface area contributed by atoms with Crippen molar-refractivity contribution in [3.05, 3.63) is 34.8 Å². The molecule has 0 fully saturated rings. The van der Waals surface area contributed by atoms with Crippen molar-refractivity contribution < 1.29 is 14.3 Å². The van der Waals surface area contributed by atoms with Crippen molar-refractivity contribution >= 4 is 22.4 Å². The van der Waals surface area contributed by atoms with E-state index in [1.165, 1.54) is 4.88 Å². The molecule has 7 heteroatoms. The van der Waals surface area contributed by atoms with Gasteiger partial charge in [0.15, 0.2) is 16.6 Å². The fourth-order valence-electron chi connectivity index (χ4n) is 2.91. The van der Waals surface area contributed by atoms with Crippen molar-refractivity contribution in [3.8, 4) is 11.5 Å². The van der Waals surface area contributed by atoms with E-state index in [0.717, 1.165) is 31.7 Å². The topological polar surface area (TPSA) is 63.7 Å². The number of rotatable bonds is 3. The summed E-state index contributed by atoms with van der Waals surface area (Å²) in [5.74, 6) is 1.05. The summed E-state index contributed by atoms with van der Waals surface area (Å²) >= 11 is 1.55. The molecule has 24 heavy (non-hydrogen) atoms. The lowest BCUT2D eigenvalue weighted by Gasteiger charge is -2.25. The molecule has 0 bridgehead atoms. The highest BCUT2D eigenvalue weighted by Gasteiger charge is 2.28. The first-order chi connectivity index (χ1) is 11.7. The van der Waals surface area contributed by atoms with Crippen LogP contribution in [0.3, 0.4) is 0 Å². The van der Waals surface area contributed by atoms with Crippen LogP contribution >= 0.6 is 11.3 Å². The molecule has 2 aromatic rings. The molecule has 0 aliphatic carbocycles. The summed E-state index contributed by atoms with van der Waals surface area (Å²) in [7, 11) is 0. The molecule has 1 N–H and O–H groups in total.